The van der Waals surface area contributed by atoms with Gasteiger partial charge >= 0.3 is 5.97 Å². The van der Waals surface area contributed by atoms with Crippen LogP contribution in [0, 0.1) is 0 Å². The fourth-order valence-electron chi connectivity index (χ4n) is 1.41. The van der Waals surface area contributed by atoms with Crippen molar-refractivity contribution in [3.63, 3.8) is 0 Å². The van der Waals surface area contributed by atoms with Gasteiger partial charge in [-0.1, -0.05) is 23.2 Å². The smallest absolute Gasteiger partial charge is 0.303 e. The van der Waals surface area contributed by atoms with Gasteiger partial charge < -0.3 is 15.2 Å². The second-order valence-electron chi connectivity index (χ2n) is 4.12. The van der Waals surface area contributed by atoms with Crippen LogP contribution in [0.25, 0.3) is 0 Å². The van der Waals surface area contributed by atoms with E-state index < -0.39 is 12.1 Å². The highest BCUT2D eigenvalue weighted by Gasteiger charge is 2.15. The Kier molecular flexibility index (Phi) is 6.61. The number of nitrogens with one attached hydrogen (secondary N) is 1. The Morgan fingerprint density at radius 3 is 2.70 bits per heavy atom. The number of carboxylic acids is 1. The molecule has 1 atom stereocenters. The Morgan fingerprint density at radius 1 is 1.40 bits per heavy atom. The molecule has 0 aliphatic carbocycles. The number of carboxylic acid groups (broad SMARTS) is 1. The number of rotatable bonds is 7. The number of amides is 1. The van der Waals surface area contributed by atoms with E-state index in [1.807, 2.05) is 0 Å². The molecule has 1 rings (SSSR count). The molecule has 0 bridgehead atoms. The average molecular weight is 320 g/mol. The minimum atomic E-state index is -0.892. The maximum absolute atomic E-state index is 11.7. The summed E-state index contributed by atoms with van der Waals surface area (Å²) in [5, 5.41) is 11.9. The third-order valence-electron chi connectivity index (χ3n) is 2.43. The van der Waals surface area contributed by atoms with Crippen molar-refractivity contribution in [3.05, 3.63) is 28.2 Å². The number of hydrogen-bond donors (Lipinski definition) is 2. The second-order valence-corrected chi connectivity index (χ2v) is 4.97. The predicted molar refractivity (Wildman–Crippen MR) is 76.4 cm³/mol. The van der Waals surface area contributed by atoms with Crippen molar-refractivity contribution >= 4 is 35.1 Å². The number of hydrogen-bond acceptors (Lipinski definition) is 3. The molecule has 0 saturated carbocycles. The fraction of sp³-hybridized carbons (Fsp3) is 0.385. The maximum atomic E-state index is 11.7. The fourth-order valence-corrected chi connectivity index (χ4v) is 1.86. The van der Waals surface area contributed by atoms with Crippen LogP contribution in [0.3, 0.4) is 0 Å². The molecule has 1 amide bonds. The molecule has 0 aliphatic rings. The molecule has 110 valence electrons. The molecule has 20 heavy (non-hydrogen) atoms. The van der Waals surface area contributed by atoms with Crippen LogP contribution >= 0.6 is 23.2 Å². The maximum Gasteiger partial charge on any atom is 0.303 e. The van der Waals surface area contributed by atoms with Crippen LogP contribution in [0.4, 0.5) is 0 Å². The molecule has 0 heterocycles. The summed E-state index contributed by atoms with van der Waals surface area (Å²) in [6.45, 7) is 1.87. The quantitative estimate of drug-likeness (QED) is 0.758. The summed E-state index contributed by atoms with van der Waals surface area (Å²) < 4.78 is 5.42. The van der Waals surface area contributed by atoms with Gasteiger partial charge in [0.2, 0.25) is 0 Å². The van der Waals surface area contributed by atoms with E-state index in [9.17, 15) is 9.59 Å². The monoisotopic (exact) mass is 319 g/mol. The average Bonchev–Trinajstić information content (AvgIpc) is 2.37. The first-order chi connectivity index (χ1) is 9.40. The summed E-state index contributed by atoms with van der Waals surface area (Å²) in [5.41, 5.74) is 0. The SMILES string of the molecule is CC(Oc1ccc(Cl)cc1Cl)C(=O)NCCCC(=O)O. The number of halogens is 2. The molecule has 7 heteroatoms. The first-order valence-corrected chi connectivity index (χ1v) is 6.77. The van der Waals surface area contributed by atoms with Crippen LogP contribution in [-0.4, -0.2) is 29.6 Å². The van der Waals surface area contributed by atoms with Crippen LogP contribution in [0.5, 0.6) is 5.75 Å². The number of carbonyl (C=O) groups is 2. The van der Waals surface area contributed by atoms with Gasteiger partial charge in [-0.3, -0.25) is 9.59 Å². The summed E-state index contributed by atoms with van der Waals surface area (Å²) in [4.78, 5) is 22.0. The molecular weight excluding hydrogens is 305 g/mol. The topological polar surface area (TPSA) is 75.6 Å². The Balaban J connectivity index is 2.43. The van der Waals surface area contributed by atoms with Crippen molar-refractivity contribution in [2.24, 2.45) is 0 Å². The molecule has 1 aromatic rings. The van der Waals surface area contributed by atoms with Gasteiger partial charge in [0.1, 0.15) is 5.75 Å². The van der Waals surface area contributed by atoms with Gasteiger partial charge in [0.25, 0.3) is 5.91 Å². The van der Waals surface area contributed by atoms with Gasteiger partial charge in [-0.2, -0.15) is 0 Å². The molecule has 1 aromatic carbocycles. The first kappa shape index (κ1) is 16.6. The summed E-state index contributed by atoms with van der Waals surface area (Å²) >= 11 is 11.7. The highest BCUT2D eigenvalue weighted by molar-refractivity contribution is 6.35. The van der Waals surface area contributed by atoms with Gasteiger partial charge in [0.05, 0.1) is 5.02 Å². The van der Waals surface area contributed by atoms with Gasteiger partial charge in [-0.25, -0.2) is 0 Å². The molecule has 0 aliphatic heterocycles. The molecule has 0 saturated heterocycles. The number of aliphatic carboxylic acids is 1. The zero-order valence-electron chi connectivity index (χ0n) is 10.9. The van der Waals surface area contributed by atoms with Gasteiger partial charge in [0, 0.05) is 18.0 Å². The van der Waals surface area contributed by atoms with E-state index >= 15 is 0 Å². The Labute approximate surface area is 126 Å². The highest BCUT2D eigenvalue weighted by atomic mass is 35.5. The van der Waals surface area contributed by atoms with E-state index in [4.69, 9.17) is 33.0 Å². The number of ether oxygens (including phenoxy) is 1. The lowest BCUT2D eigenvalue weighted by molar-refractivity contribution is -0.137. The van der Waals surface area contributed by atoms with Crippen molar-refractivity contribution in [2.75, 3.05) is 6.54 Å². The van der Waals surface area contributed by atoms with Crippen LogP contribution in [0.1, 0.15) is 19.8 Å². The van der Waals surface area contributed by atoms with Crippen molar-refractivity contribution in [3.8, 4) is 5.75 Å². The van der Waals surface area contributed by atoms with Crippen molar-refractivity contribution in [1.82, 2.24) is 5.32 Å². The zero-order chi connectivity index (χ0) is 15.1. The van der Waals surface area contributed by atoms with Crippen LogP contribution < -0.4 is 10.1 Å². The molecule has 0 fully saturated rings. The lowest BCUT2D eigenvalue weighted by Crippen LogP contribution is -2.37. The third kappa shape index (κ3) is 5.67. The largest absolute Gasteiger partial charge is 0.481 e. The second kappa shape index (κ2) is 7.97. The Bertz CT molecular complexity index is 493. The molecule has 2 N–H and O–H groups in total. The van der Waals surface area contributed by atoms with Crippen LogP contribution in [0.2, 0.25) is 10.0 Å². The van der Waals surface area contributed by atoms with Crippen molar-refractivity contribution in [1.29, 1.82) is 0 Å². The van der Waals surface area contributed by atoms with Gasteiger partial charge in [-0.15, -0.1) is 0 Å². The van der Waals surface area contributed by atoms with E-state index in [2.05, 4.69) is 5.32 Å². The summed E-state index contributed by atoms with van der Waals surface area (Å²) in [6.07, 6.45) is -0.355. The van der Waals surface area contributed by atoms with E-state index in [1.54, 1.807) is 19.1 Å². The number of carbonyl (C=O) groups excluding carboxylic acids is 1. The summed E-state index contributed by atoms with van der Waals surface area (Å²) in [7, 11) is 0. The van der Waals surface area contributed by atoms with Gasteiger partial charge in [-0.05, 0) is 31.5 Å². The molecule has 0 aromatic heterocycles. The molecule has 0 spiro atoms. The third-order valence-corrected chi connectivity index (χ3v) is 2.96. The zero-order valence-corrected chi connectivity index (χ0v) is 12.4. The minimum absolute atomic E-state index is 0.0124. The van der Waals surface area contributed by atoms with E-state index in [-0.39, 0.29) is 18.9 Å². The predicted octanol–water partition coefficient (Wildman–Crippen LogP) is 2.74. The standard InChI is InChI=1S/C13H15Cl2NO4/c1-8(13(19)16-6-2-3-12(17)18)20-11-5-4-9(14)7-10(11)15/h4-5,7-8H,2-3,6H2,1H3,(H,16,19)(H,17,18). The summed E-state index contributed by atoms with van der Waals surface area (Å²) in [6, 6.07) is 4.72. The number of benzene rings is 1. The Hall–Kier alpha value is -1.46. The van der Waals surface area contributed by atoms with Crippen LogP contribution in [0.15, 0.2) is 18.2 Å². The normalized spacial score (nSPS) is 11.8. The first-order valence-electron chi connectivity index (χ1n) is 6.01. The minimum Gasteiger partial charge on any atom is -0.481 e. The van der Waals surface area contributed by atoms with E-state index in [0.717, 1.165) is 0 Å². The van der Waals surface area contributed by atoms with Crippen molar-refractivity contribution < 1.29 is 19.4 Å². The Morgan fingerprint density at radius 2 is 2.10 bits per heavy atom. The van der Waals surface area contributed by atoms with Crippen molar-refractivity contribution in [2.45, 2.75) is 25.9 Å². The molecule has 0 radical (unpaired) electrons. The highest BCUT2D eigenvalue weighted by Crippen LogP contribution is 2.28. The lowest BCUT2D eigenvalue weighted by Gasteiger charge is -2.15. The summed E-state index contributed by atoms with van der Waals surface area (Å²) in [5.74, 6) is -0.859. The lowest BCUT2D eigenvalue weighted by atomic mass is 10.3. The molecular formula is C13H15Cl2NO4. The van der Waals surface area contributed by atoms with E-state index in [1.165, 1.54) is 6.07 Å². The molecule has 5 nitrogen and oxygen atoms in total. The molecule has 1 unspecified atom stereocenters. The van der Waals surface area contributed by atoms with Crippen LogP contribution in [-0.2, 0) is 9.59 Å². The van der Waals surface area contributed by atoms with E-state index in [0.29, 0.717) is 22.2 Å². The van der Waals surface area contributed by atoms with Gasteiger partial charge in [0.15, 0.2) is 6.10 Å².